The lowest BCUT2D eigenvalue weighted by atomic mass is 9.72. The van der Waals surface area contributed by atoms with Gasteiger partial charge in [-0.15, -0.1) is 0 Å². The van der Waals surface area contributed by atoms with Crippen LogP contribution in [0.4, 0.5) is 0 Å². The number of Topliss-reactive ketones (excluding diaryl/α,β-unsaturated/α-hetero) is 1. The Morgan fingerprint density at radius 1 is 1.11 bits per heavy atom. The lowest BCUT2D eigenvalue weighted by Gasteiger charge is -2.35. The summed E-state index contributed by atoms with van der Waals surface area (Å²) in [6.45, 7) is 0. The van der Waals surface area contributed by atoms with Crippen LogP contribution < -0.4 is 0 Å². The van der Waals surface area contributed by atoms with Crippen LogP contribution in [0.15, 0.2) is 30.3 Å². The molecule has 2 fully saturated rings. The molecule has 1 aliphatic carbocycles. The van der Waals surface area contributed by atoms with E-state index in [1.165, 1.54) is 0 Å². The van der Waals surface area contributed by atoms with E-state index in [0.717, 1.165) is 18.4 Å². The van der Waals surface area contributed by atoms with E-state index in [9.17, 15) is 9.59 Å². The van der Waals surface area contributed by atoms with E-state index in [2.05, 4.69) is 0 Å². The summed E-state index contributed by atoms with van der Waals surface area (Å²) in [5, 5.41) is 0. The fourth-order valence-corrected chi connectivity index (χ4v) is 3.22. The molecule has 0 aromatic heterocycles. The van der Waals surface area contributed by atoms with Gasteiger partial charge in [-0.2, -0.15) is 0 Å². The summed E-state index contributed by atoms with van der Waals surface area (Å²) in [5.41, 5.74) is 0.176. The van der Waals surface area contributed by atoms with Gasteiger partial charge in [0.15, 0.2) is 11.4 Å². The Bertz CT molecular complexity index is 480. The van der Waals surface area contributed by atoms with Crippen molar-refractivity contribution in [2.45, 2.75) is 43.6 Å². The van der Waals surface area contributed by atoms with E-state index < -0.39 is 5.60 Å². The van der Waals surface area contributed by atoms with E-state index in [1.54, 1.807) is 0 Å². The summed E-state index contributed by atoms with van der Waals surface area (Å²) in [6.07, 6.45) is 3.42. The summed E-state index contributed by atoms with van der Waals surface area (Å²) in [6, 6.07) is 9.79. The van der Waals surface area contributed by atoms with Crippen LogP contribution in [-0.2, 0) is 14.3 Å². The van der Waals surface area contributed by atoms with Crippen LogP contribution in [0.25, 0.3) is 0 Å². The van der Waals surface area contributed by atoms with E-state index in [1.807, 2.05) is 30.3 Å². The Kier molecular flexibility index (Phi) is 2.69. The maximum Gasteiger partial charge on any atom is 0.307 e. The number of esters is 1. The SMILES string of the molecule is O=C1C[C@@H](c2ccccc2)[C@]2(CCCCC2=O)O1. The summed E-state index contributed by atoms with van der Waals surface area (Å²) in [4.78, 5) is 23.9. The van der Waals surface area contributed by atoms with Crippen molar-refractivity contribution < 1.29 is 14.3 Å². The molecule has 3 rings (SSSR count). The minimum absolute atomic E-state index is 0.0981. The first-order valence-corrected chi connectivity index (χ1v) is 6.52. The highest BCUT2D eigenvalue weighted by Crippen LogP contribution is 2.47. The van der Waals surface area contributed by atoms with Crippen LogP contribution >= 0.6 is 0 Å². The summed E-state index contributed by atoms with van der Waals surface area (Å²) in [5.74, 6) is -0.230. The standard InChI is InChI=1S/C15H16O3/c16-13-8-4-5-9-15(13)12(10-14(17)18-15)11-6-2-1-3-7-11/h1-3,6-7,12H,4-5,8-10H2/t12-,15-/m0/s1. The molecule has 1 aromatic rings. The van der Waals surface area contributed by atoms with Gasteiger partial charge < -0.3 is 4.74 Å². The van der Waals surface area contributed by atoms with Crippen molar-refractivity contribution in [3.8, 4) is 0 Å². The Labute approximate surface area is 106 Å². The summed E-state index contributed by atoms with van der Waals surface area (Å²) < 4.78 is 5.48. The highest BCUT2D eigenvalue weighted by atomic mass is 16.6. The molecule has 0 bridgehead atoms. The molecule has 0 radical (unpaired) electrons. The van der Waals surface area contributed by atoms with E-state index >= 15 is 0 Å². The molecule has 2 atom stereocenters. The highest BCUT2D eigenvalue weighted by molar-refractivity contribution is 5.94. The molecule has 1 aromatic carbocycles. The number of hydrogen-bond donors (Lipinski definition) is 0. The monoisotopic (exact) mass is 244 g/mol. The van der Waals surface area contributed by atoms with Crippen LogP contribution in [0.1, 0.15) is 43.6 Å². The molecule has 3 nitrogen and oxygen atoms in total. The molecule has 0 N–H and O–H groups in total. The van der Waals surface area contributed by atoms with Gasteiger partial charge in [0.05, 0.1) is 6.42 Å². The Balaban J connectivity index is 2.01. The van der Waals surface area contributed by atoms with E-state index in [4.69, 9.17) is 4.74 Å². The van der Waals surface area contributed by atoms with Gasteiger partial charge in [0.2, 0.25) is 0 Å². The third kappa shape index (κ3) is 1.65. The number of rotatable bonds is 1. The number of ketones is 1. The van der Waals surface area contributed by atoms with Crippen LogP contribution in [0, 0.1) is 0 Å². The van der Waals surface area contributed by atoms with Gasteiger partial charge >= 0.3 is 5.97 Å². The Hall–Kier alpha value is -1.64. The van der Waals surface area contributed by atoms with Crippen LogP contribution in [0.3, 0.4) is 0 Å². The summed E-state index contributed by atoms with van der Waals surface area (Å²) >= 11 is 0. The third-order valence-electron chi connectivity index (χ3n) is 4.11. The number of hydrogen-bond acceptors (Lipinski definition) is 3. The maximum absolute atomic E-state index is 12.3. The second-order valence-corrected chi connectivity index (χ2v) is 5.16. The average Bonchev–Trinajstić information content (AvgIpc) is 2.72. The predicted octanol–water partition coefficient (Wildman–Crippen LogP) is 2.60. The van der Waals surface area contributed by atoms with Gasteiger partial charge in [-0.1, -0.05) is 30.3 Å². The van der Waals surface area contributed by atoms with Crippen LogP contribution in [0.2, 0.25) is 0 Å². The number of ether oxygens (including phenoxy) is 1. The molecular formula is C15H16O3. The van der Waals surface area contributed by atoms with E-state index in [-0.39, 0.29) is 17.7 Å². The molecule has 3 heteroatoms. The molecule has 94 valence electrons. The smallest absolute Gasteiger partial charge is 0.307 e. The van der Waals surface area contributed by atoms with E-state index in [0.29, 0.717) is 19.3 Å². The number of carbonyl (C=O) groups is 2. The van der Waals surface area contributed by atoms with Gasteiger partial charge in [0, 0.05) is 12.3 Å². The van der Waals surface area contributed by atoms with Gasteiger partial charge in [0.1, 0.15) is 0 Å². The molecule has 18 heavy (non-hydrogen) atoms. The van der Waals surface area contributed by atoms with Gasteiger partial charge in [-0.3, -0.25) is 9.59 Å². The molecule has 1 spiro atoms. The first kappa shape index (κ1) is 11.5. The van der Waals surface area contributed by atoms with Crippen molar-refractivity contribution in [1.29, 1.82) is 0 Å². The maximum atomic E-state index is 12.3. The fraction of sp³-hybridized carbons (Fsp3) is 0.467. The zero-order valence-corrected chi connectivity index (χ0v) is 10.2. The second-order valence-electron chi connectivity index (χ2n) is 5.16. The zero-order chi connectivity index (χ0) is 12.6. The van der Waals surface area contributed by atoms with Crippen molar-refractivity contribution >= 4 is 11.8 Å². The molecule has 1 heterocycles. The van der Waals surface area contributed by atoms with Crippen molar-refractivity contribution in [3.63, 3.8) is 0 Å². The van der Waals surface area contributed by atoms with Gasteiger partial charge in [-0.25, -0.2) is 0 Å². The highest BCUT2D eigenvalue weighted by Gasteiger charge is 2.55. The predicted molar refractivity (Wildman–Crippen MR) is 66.1 cm³/mol. The number of benzene rings is 1. The zero-order valence-electron chi connectivity index (χ0n) is 10.2. The molecule has 1 saturated carbocycles. The van der Waals surface area contributed by atoms with Crippen molar-refractivity contribution in [2.75, 3.05) is 0 Å². The molecule has 1 aliphatic heterocycles. The summed E-state index contributed by atoms with van der Waals surface area (Å²) in [7, 11) is 0. The fourth-order valence-electron chi connectivity index (χ4n) is 3.22. The largest absolute Gasteiger partial charge is 0.450 e. The molecular weight excluding hydrogens is 228 g/mol. The van der Waals surface area contributed by atoms with Crippen molar-refractivity contribution in [1.82, 2.24) is 0 Å². The molecule has 2 aliphatic rings. The van der Waals surface area contributed by atoms with Crippen LogP contribution in [0.5, 0.6) is 0 Å². The van der Waals surface area contributed by atoms with Gasteiger partial charge in [-0.05, 0) is 24.8 Å². The minimum atomic E-state index is -0.864. The molecule has 1 saturated heterocycles. The number of carbonyl (C=O) groups excluding carboxylic acids is 2. The second kappa shape index (κ2) is 4.23. The average molecular weight is 244 g/mol. The topological polar surface area (TPSA) is 43.4 Å². The van der Waals surface area contributed by atoms with Crippen LogP contribution in [-0.4, -0.2) is 17.4 Å². The molecule has 0 unspecified atom stereocenters. The Morgan fingerprint density at radius 2 is 1.89 bits per heavy atom. The van der Waals surface area contributed by atoms with Crippen molar-refractivity contribution in [2.24, 2.45) is 0 Å². The third-order valence-corrected chi connectivity index (χ3v) is 4.11. The lowest BCUT2D eigenvalue weighted by Crippen LogP contribution is -2.45. The first-order chi connectivity index (χ1) is 8.72. The lowest BCUT2D eigenvalue weighted by molar-refractivity contribution is -0.160. The van der Waals surface area contributed by atoms with Gasteiger partial charge in [0.25, 0.3) is 0 Å². The van der Waals surface area contributed by atoms with Crippen molar-refractivity contribution in [3.05, 3.63) is 35.9 Å². The molecule has 0 amide bonds. The minimum Gasteiger partial charge on any atom is -0.450 e. The Morgan fingerprint density at radius 3 is 2.61 bits per heavy atom. The normalized spacial score (nSPS) is 31.7. The quantitative estimate of drug-likeness (QED) is 0.713. The first-order valence-electron chi connectivity index (χ1n) is 6.52.